The molecule has 0 atom stereocenters. The van der Waals surface area contributed by atoms with Crippen molar-refractivity contribution in [1.29, 1.82) is 0 Å². The van der Waals surface area contributed by atoms with Gasteiger partial charge in [0.1, 0.15) is 4.34 Å². The molecule has 0 fully saturated rings. The predicted molar refractivity (Wildman–Crippen MR) is 64.2 cm³/mol. The lowest BCUT2D eigenvalue weighted by molar-refractivity contribution is 0.103. The van der Waals surface area contributed by atoms with Crippen molar-refractivity contribution in [3.05, 3.63) is 56.2 Å². The summed E-state index contributed by atoms with van der Waals surface area (Å²) >= 11 is 13.0. The normalized spacial score (nSPS) is 10.3. The Bertz CT molecular complexity index is 505. The lowest BCUT2D eigenvalue weighted by Gasteiger charge is -1.99. The summed E-state index contributed by atoms with van der Waals surface area (Å²) in [6, 6.07) is 8.56. The third-order valence-electron chi connectivity index (χ3n) is 1.95. The third-order valence-corrected chi connectivity index (χ3v) is 3.35. The van der Waals surface area contributed by atoms with E-state index in [1.165, 1.54) is 11.3 Å². The van der Waals surface area contributed by atoms with Gasteiger partial charge < -0.3 is 0 Å². The van der Waals surface area contributed by atoms with Gasteiger partial charge in [0.2, 0.25) is 0 Å². The maximum Gasteiger partial charge on any atom is 0.195 e. The molecule has 1 heterocycles. The molecule has 0 bridgehead atoms. The smallest absolute Gasteiger partial charge is 0.195 e. The van der Waals surface area contributed by atoms with Crippen molar-refractivity contribution >= 4 is 40.3 Å². The van der Waals surface area contributed by atoms with E-state index in [0.717, 1.165) is 0 Å². The molecule has 76 valence electrons. The van der Waals surface area contributed by atoms with E-state index in [-0.39, 0.29) is 5.78 Å². The zero-order chi connectivity index (χ0) is 10.8. The molecule has 0 aliphatic rings. The van der Waals surface area contributed by atoms with Crippen LogP contribution in [0.15, 0.2) is 35.7 Å². The Morgan fingerprint density at radius 3 is 2.60 bits per heavy atom. The first-order valence-corrected chi connectivity index (χ1v) is 5.85. The quantitative estimate of drug-likeness (QED) is 0.733. The second kappa shape index (κ2) is 4.35. The van der Waals surface area contributed by atoms with Gasteiger partial charge in [0.25, 0.3) is 0 Å². The fraction of sp³-hybridized carbons (Fsp3) is 0. The summed E-state index contributed by atoms with van der Waals surface area (Å²) in [6.07, 6.45) is 0. The number of carbonyl (C=O) groups excluding carboxylic acids is 1. The second-order valence-electron chi connectivity index (χ2n) is 2.95. The fourth-order valence-electron chi connectivity index (χ4n) is 1.24. The maximum atomic E-state index is 11.9. The Morgan fingerprint density at radius 2 is 2.00 bits per heavy atom. The summed E-state index contributed by atoms with van der Waals surface area (Å²) in [7, 11) is 0. The molecule has 1 aromatic carbocycles. The zero-order valence-electron chi connectivity index (χ0n) is 7.54. The van der Waals surface area contributed by atoms with Crippen molar-refractivity contribution in [2.24, 2.45) is 0 Å². The van der Waals surface area contributed by atoms with Crippen LogP contribution in [0.25, 0.3) is 0 Å². The number of carbonyl (C=O) groups is 1. The van der Waals surface area contributed by atoms with Crippen LogP contribution in [0, 0.1) is 0 Å². The van der Waals surface area contributed by atoms with Crippen LogP contribution >= 0.6 is 34.5 Å². The summed E-state index contributed by atoms with van der Waals surface area (Å²) in [5.74, 6) is -0.0937. The molecule has 1 aromatic heterocycles. The molecule has 0 amide bonds. The summed E-state index contributed by atoms with van der Waals surface area (Å²) in [5, 5.41) is 2.34. The van der Waals surface area contributed by atoms with Gasteiger partial charge in [-0.1, -0.05) is 35.3 Å². The van der Waals surface area contributed by atoms with E-state index in [4.69, 9.17) is 23.2 Å². The van der Waals surface area contributed by atoms with Gasteiger partial charge in [-0.25, -0.2) is 0 Å². The summed E-state index contributed by atoms with van der Waals surface area (Å²) in [5.41, 5.74) is 1.09. The van der Waals surface area contributed by atoms with Crippen molar-refractivity contribution in [3.8, 4) is 0 Å². The molecule has 0 aliphatic heterocycles. The molecular formula is C11H6Cl2OS. The van der Waals surface area contributed by atoms with Crippen molar-refractivity contribution in [3.63, 3.8) is 0 Å². The van der Waals surface area contributed by atoms with Gasteiger partial charge in [-0.15, -0.1) is 11.3 Å². The number of benzene rings is 1. The monoisotopic (exact) mass is 256 g/mol. The Balaban J connectivity index is 2.41. The second-order valence-corrected chi connectivity index (χ2v) is 4.90. The van der Waals surface area contributed by atoms with Crippen LogP contribution in [-0.2, 0) is 0 Å². The molecular weight excluding hydrogens is 251 g/mol. The highest BCUT2D eigenvalue weighted by Crippen LogP contribution is 2.25. The van der Waals surface area contributed by atoms with Gasteiger partial charge >= 0.3 is 0 Å². The Hall–Kier alpha value is -0.830. The Labute approximate surface area is 101 Å². The molecule has 2 aromatic rings. The van der Waals surface area contributed by atoms with E-state index in [0.29, 0.717) is 20.5 Å². The molecule has 2 rings (SSSR count). The van der Waals surface area contributed by atoms with Crippen LogP contribution < -0.4 is 0 Å². The predicted octanol–water partition coefficient (Wildman–Crippen LogP) is 4.29. The number of hydrogen-bond acceptors (Lipinski definition) is 2. The van der Waals surface area contributed by atoms with E-state index < -0.39 is 0 Å². The highest BCUT2D eigenvalue weighted by atomic mass is 35.5. The molecule has 0 aliphatic carbocycles. The zero-order valence-corrected chi connectivity index (χ0v) is 9.86. The van der Waals surface area contributed by atoms with Gasteiger partial charge in [-0.2, -0.15) is 0 Å². The van der Waals surface area contributed by atoms with E-state index in [9.17, 15) is 4.79 Å². The van der Waals surface area contributed by atoms with Crippen molar-refractivity contribution < 1.29 is 4.79 Å². The van der Waals surface area contributed by atoms with Crippen LogP contribution in [0.4, 0.5) is 0 Å². The number of hydrogen-bond donors (Lipinski definition) is 0. The van der Waals surface area contributed by atoms with Crippen molar-refractivity contribution in [2.75, 3.05) is 0 Å². The molecule has 0 radical (unpaired) electrons. The van der Waals surface area contributed by atoms with E-state index in [1.807, 2.05) is 0 Å². The van der Waals surface area contributed by atoms with Gasteiger partial charge in [-0.3, -0.25) is 4.79 Å². The first-order valence-electron chi connectivity index (χ1n) is 4.22. The SMILES string of the molecule is O=C(c1cccc(Cl)c1)c1ccsc1Cl. The van der Waals surface area contributed by atoms with E-state index in [1.54, 1.807) is 35.7 Å². The highest BCUT2D eigenvalue weighted by Gasteiger charge is 2.13. The summed E-state index contributed by atoms with van der Waals surface area (Å²) in [4.78, 5) is 11.9. The van der Waals surface area contributed by atoms with Gasteiger partial charge in [0.05, 0.1) is 5.56 Å². The fourth-order valence-corrected chi connectivity index (χ4v) is 2.35. The average Bonchev–Trinajstić information content (AvgIpc) is 2.63. The maximum absolute atomic E-state index is 11.9. The summed E-state index contributed by atoms with van der Waals surface area (Å²) < 4.78 is 0.514. The number of halogens is 2. The number of ketones is 1. The minimum absolute atomic E-state index is 0.0937. The van der Waals surface area contributed by atoms with Crippen molar-refractivity contribution in [1.82, 2.24) is 0 Å². The first-order chi connectivity index (χ1) is 7.18. The Morgan fingerprint density at radius 1 is 1.20 bits per heavy atom. The molecule has 0 unspecified atom stereocenters. The molecule has 1 nitrogen and oxygen atoms in total. The molecule has 0 saturated heterocycles. The van der Waals surface area contributed by atoms with Crippen LogP contribution in [0.5, 0.6) is 0 Å². The average molecular weight is 257 g/mol. The lowest BCUT2D eigenvalue weighted by Crippen LogP contribution is -1.99. The standard InChI is InChI=1S/C11H6Cl2OS/c12-8-3-1-2-7(6-8)10(14)9-4-5-15-11(9)13/h1-6H. The van der Waals surface area contributed by atoms with Crippen LogP contribution in [0.2, 0.25) is 9.36 Å². The van der Waals surface area contributed by atoms with Gasteiger partial charge in [-0.05, 0) is 23.6 Å². The molecule has 0 spiro atoms. The van der Waals surface area contributed by atoms with Crippen molar-refractivity contribution in [2.45, 2.75) is 0 Å². The van der Waals surface area contributed by atoms with Gasteiger partial charge in [0, 0.05) is 10.6 Å². The largest absolute Gasteiger partial charge is 0.289 e. The first kappa shape index (κ1) is 10.7. The minimum atomic E-state index is -0.0937. The van der Waals surface area contributed by atoms with E-state index >= 15 is 0 Å². The topological polar surface area (TPSA) is 17.1 Å². The van der Waals surface area contributed by atoms with Crippen LogP contribution in [0.3, 0.4) is 0 Å². The number of rotatable bonds is 2. The van der Waals surface area contributed by atoms with Crippen LogP contribution in [-0.4, -0.2) is 5.78 Å². The molecule has 0 saturated carbocycles. The van der Waals surface area contributed by atoms with Crippen LogP contribution in [0.1, 0.15) is 15.9 Å². The summed E-state index contributed by atoms with van der Waals surface area (Å²) in [6.45, 7) is 0. The highest BCUT2D eigenvalue weighted by molar-refractivity contribution is 7.14. The molecule has 15 heavy (non-hydrogen) atoms. The third kappa shape index (κ3) is 2.23. The Kier molecular flexibility index (Phi) is 3.10. The lowest BCUT2D eigenvalue weighted by atomic mass is 10.1. The molecule has 4 heteroatoms. The number of thiophene rings is 1. The van der Waals surface area contributed by atoms with Gasteiger partial charge in [0.15, 0.2) is 5.78 Å². The van der Waals surface area contributed by atoms with E-state index in [2.05, 4.69) is 0 Å². The minimum Gasteiger partial charge on any atom is -0.289 e. The molecule has 0 N–H and O–H groups in total.